The molecule has 3 heterocycles. The van der Waals surface area contributed by atoms with E-state index >= 15 is 0 Å². The van der Waals surface area contributed by atoms with Gasteiger partial charge in [0, 0.05) is 26.2 Å². The Balaban J connectivity index is 1.39. The third-order valence-electron chi connectivity index (χ3n) is 5.93. The van der Waals surface area contributed by atoms with Crippen LogP contribution in [0.5, 0.6) is 0 Å². The number of benzene rings is 2. The maximum atomic E-state index is 13.1. The monoisotopic (exact) mass is 498 g/mol. The van der Waals surface area contributed by atoms with Gasteiger partial charge in [-0.1, -0.05) is 41.4 Å². The lowest BCUT2D eigenvalue weighted by atomic mass is 10.2. The smallest absolute Gasteiger partial charge is 0.295 e. The quantitative estimate of drug-likeness (QED) is 0.464. The summed E-state index contributed by atoms with van der Waals surface area (Å²) in [5, 5.41) is 4.31. The van der Waals surface area contributed by atoms with Gasteiger partial charge in [-0.3, -0.25) is 4.79 Å². The van der Waals surface area contributed by atoms with Crippen molar-refractivity contribution in [3.8, 4) is 5.95 Å². The van der Waals surface area contributed by atoms with Crippen molar-refractivity contribution < 1.29 is 8.42 Å². The molecule has 1 saturated heterocycles. The highest BCUT2D eigenvalue weighted by Gasteiger charge is 2.28. The van der Waals surface area contributed by atoms with Crippen LogP contribution in [0.25, 0.3) is 17.0 Å². The number of nitrogens with zero attached hydrogens (tertiary/aromatic N) is 5. The second kappa shape index (κ2) is 8.86. The average molecular weight is 499 g/mol. The first-order valence-corrected chi connectivity index (χ1v) is 12.7. The van der Waals surface area contributed by atoms with Crippen molar-refractivity contribution in [2.24, 2.45) is 0 Å². The van der Waals surface area contributed by atoms with E-state index in [1.165, 1.54) is 10.5 Å². The van der Waals surface area contributed by atoms with Gasteiger partial charge >= 0.3 is 0 Å². The van der Waals surface area contributed by atoms with Crippen LogP contribution in [0.1, 0.15) is 12.0 Å². The lowest BCUT2D eigenvalue weighted by Gasteiger charge is -2.24. The number of aryl methyl sites for hydroxylation is 1. The van der Waals surface area contributed by atoms with Crippen molar-refractivity contribution in [3.05, 3.63) is 75.7 Å². The van der Waals surface area contributed by atoms with Crippen LogP contribution in [-0.4, -0.2) is 58.7 Å². The Bertz CT molecular complexity index is 1480. The maximum absolute atomic E-state index is 13.1. The molecule has 11 heteroatoms. The van der Waals surface area contributed by atoms with E-state index in [4.69, 9.17) is 11.6 Å². The van der Waals surface area contributed by atoms with E-state index in [1.807, 2.05) is 36.1 Å². The van der Waals surface area contributed by atoms with Crippen molar-refractivity contribution in [2.45, 2.75) is 18.2 Å². The minimum atomic E-state index is -3.60. The number of imidazole rings is 1. The van der Waals surface area contributed by atoms with Gasteiger partial charge in [-0.25, -0.2) is 13.4 Å². The molecular formula is C23H23ClN6O3S. The first-order chi connectivity index (χ1) is 16.3. The number of hydrogen-bond donors (Lipinski definition) is 1. The predicted molar refractivity (Wildman–Crippen MR) is 131 cm³/mol. The molecule has 0 atom stereocenters. The molecule has 0 amide bonds. The number of para-hydroxylation sites is 2. The number of sulfonamides is 1. The number of halogens is 1. The molecule has 1 aliphatic rings. The molecule has 34 heavy (non-hydrogen) atoms. The molecule has 9 nitrogen and oxygen atoms in total. The highest BCUT2D eigenvalue weighted by molar-refractivity contribution is 7.89. The third kappa shape index (κ3) is 4.08. The maximum Gasteiger partial charge on any atom is 0.295 e. The molecule has 2 aromatic heterocycles. The lowest BCUT2D eigenvalue weighted by Crippen LogP contribution is -2.36. The molecule has 1 N–H and O–H groups in total. The minimum Gasteiger partial charge on any atom is -0.367 e. The molecule has 0 saturated carbocycles. The van der Waals surface area contributed by atoms with Crippen LogP contribution >= 0.6 is 11.6 Å². The number of hydrogen-bond acceptors (Lipinski definition) is 6. The van der Waals surface area contributed by atoms with Crippen molar-refractivity contribution in [1.82, 2.24) is 24.1 Å². The molecular weight excluding hydrogens is 476 g/mol. The third-order valence-corrected chi connectivity index (χ3v) is 8.20. The van der Waals surface area contributed by atoms with Gasteiger partial charge in [-0.15, -0.1) is 0 Å². The summed E-state index contributed by atoms with van der Waals surface area (Å²) in [4.78, 5) is 22.7. The Hall–Kier alpha value is -3.21. The molecule has 176 valence electrons. The summed E-state index contributed by atoms with van der Waals surface area (Å²) < 4.78 is 28.8. The van der Waals surface area contributed by atoms with Gasteiger partial charge in [-0.2, -0.15) is 14.1 Å². The summed E-state index contributed by atoms with van der Waals surface area (Å²) in [6.07, 6.45) is 2.12. The van der Waals surface area contributed by atoms with Gasteiger partial charge in [0.25, 0.3) is 5.56 Å². The number of nitrogens with one attached hydrogen (secondary N) is 1. The molecule has 0 unspecified atom stereocenters. The Morgan fingerprint density at radius 3 is 2.53 bits per heavy atom. The second-order valence-corrected chi connectivity index (χ2v) is 10.5. The van der Waals surface area contributed by atoms with Crippen LogP contribution in [0.15, 0.2) is 64.4 Å². The summed E-state index contributed by atoms with van der Waals surface area (Å²) in [5.74, 6) is 0.283. The van der Waals surface area contributed by atoms with E-state index < -0.39 is 15.6 Å². The molecule has 4 aromatic rings. The highest BCUT2D eigenvalue weighted by Crippen LogP contribution is 2.25. The van der Waals surface area contributed by atoms with Crippen LogP contribution in [0.3, 0.4) is 0 Å². The van der Waals surface area contributed by atoms with E-state index in [-0.39, 0.29) is 22.4 Å². The predicted octanol–water partition coefficient (Wildman–Crippen LogP) is 2.97. The van der Waals surface area contributed by atoms with E-state index in [1.54, 1.807) is 24.3 Å². The van der Waals surface area contributed by atoms with E-state index in [2.05, 4.69) is 15.1 Å². The van der Waals surface area contributed by atoms with Gasteiger partial charge in [0.15, 0.2) is 0 Å². The molecule has 5 rings (SSSR count). The Labute approximate surface area is 201 Å². The van der Waals surface area contributed by atoms with Gasteiger partial charge in [-0.05, 0) is 37.6 Å². The minimum absolute atomic E-state index is 0.0188. The normalized spacial score (nSPS) is 15.5. The van der Waals surface area contributed by atoms with Crippen LogP contribution in [-0.2, 0) is 10.0 Å². The van der Waals surface area contributed by atoms with Gasteiger partial charge < -0.3 is 9.88 Å². The summed E-state index contributed by atoms with van der Waals surface area (Å²) in [7, 11) is -3.60. The first kappa shape index (κ1) is 22.6. The fourth-order valence-corrected chi connectivity index (χ4v) is 5.79. The number of aromatic amines is 1. The first-order valence-electron chi connectivity index (χ1n) is 10.9. The molecule has 0 radical (unpaired) electrons. The van der Waals surface area contributed by atoms with Crippen molar-refractivity contribution in [1.29, 1.82) is 0 Å². The summed E-state index contributed by atoms with van der Waals surface area (Å²) >= 11 is 6.48. The number of anilines is 1. The SMILES string of the molecule is Cc1ccc(S(=O)(=O)N2CCCN(c3cnn(-c4nc5ccccc5[nH]4)c(=O)c3Cl)CC2)cc1. The number of aromatic nitrogens is 4. The Morgan fingerprint density at radius 2 is 1.76 bits per heavy atom. The van der Waals surface area contributed by atoms with E-state index in [0.29, 0.717) is 37.3 Å². The van der Waals surface area contributed by atoms with E-state index in [0.717, 1.165) is 15.8 Å². The summed E-state index contributed by atoms with van der Waals surface area (Å²) in [6.45, 7) is 3.52. The number of H-pyrrole nitrogens is 1. The van der Waals surface area contributed by atoms with Gasteiger partial charge in [0.05, 0.1) is 27.8 Å². The van der Waals surface area contributed by atoms with E-state index in [9.17, 15) is 13.2 Å². The molecule has 1 fully saturated rings. The topological polar surface area (TPSA) is 104 Å². The van der Waals surface area contributed by atoms with Crippen molar-refractivity contribution in [2.75, 3.05) is 31.1 Å². The van der Waals surface area contributed by atoms with Gasteiger partial charge in [0.1, 0.15) is 5.02 Å². The van der Waals surface area contributed by atoms with Crippen LogP contribution in [0.4, 0.5) is 5.69 Å². The van der Waals surface area contributed by atoms with Crippen molar-refractivity contribution in [3.63, 3.8) is 0 Å². The standard InChI is InChI=1S/C23H23ClN6O3S/c1-16-7-9-17(10-8-16)34(32,33)29-12-4-11-28(13-14-29)20-15-25-30(22(31)21(20)24)23-26-18-5-2-3-6-19(18)27-23/h2-3,5-10,15H,4,11-14H2,1H3,(H,26,27). The number of rotatable bonds is 4. The van der Waals surface area contributed by atoms with Crippen molar-refractivity contribution >= 4 is 38.3 Å². The van der Waals surface area contributed by atoms with Crippen LogP contribution in [0.2, 0.25) is 5.02 Å². The lowest BCUT2D eigenvalue weighted by molar-refractivity contribution is 0.433. The Morgan fingerprint density at radius 1 is 1.00 bits per heavy atom. The largest absolute Gasteiger partial charge is 0.367 e. The zero-order valence-electron chi connectivity index (χ0n) is 18.5. The summed E-state index contributed by atoms with van der Waals surface area (Å²) in [6, 6.07) is 14.3. The van der Waals surface area contributed by atoms with Crippen LogP contribution in [0, 0.1) is 6.92 Å². The van der Waals surface area contributed by atoms with Gasteiger partial charge in [0.2, 0.25) is 16.0 Å². The molecule has 0 spiro atoms. The number of fused-ring (bicyclic) bond motifs is 1. The molecule has 2 aromatic carbocycles. The molecule has 0 aliphatic carbocycles. The zero-order chi connectivity index (χ0) is 23.9. The second-order valence-electron chi connectivity index (χ2n) is 8.20. The zero-order valence-corrected chi connectivity index (χ0v) is 20.1. The Kier molecular flexibility index (Phi) is 5.88. The molecule has 1 aliphatic heterocycles. The highest BCUT2D eigenvalue weighted by atomic mass is 35.5. The molecule has 0 bridgehead atoms. The summed E-state index contributed by atoms with van der Waals surface area (Å²) in [5.41, 5.74) is 2.49. The average Bonchev–Trinajstić information content (AvgIpc) is 3.10. The fourth-order valence-electron chi connectivity index (χ4n) is 4.07. The fraction of sp³-hybridized carbons (Fsp3) is 0.261. The van der Waals surface area contributed by atoms with Crippen LogP contribution < -0.4 is 10.5 Å².